The number of ether oxygens (including phenoxy) is 1. The molecule has 0 bridgehead atoms. The van der Waals surface area contributed by atoms with Crippen molar-refractivity contribution in [2.75, 3.05) is 49.6 Å². The number of hydrogen-bond donors (Lipinski definition) is 2. The summed E-state index contributed by atoms with van der Waals surface area (Å²) >= 11 is 0. The first-order valence-electron chi connectivity index (χ1n) is 8.81. The molecule has 0 unspecified atom stereocenters. The quantitative estimate of drug-likeness (QED) is 0.570. The van der Waals surface area contributed by atoms with Crippen molar-refractivity contribution >= 4 is 23.6 Å². The topological polar surface area (TPSA) is 79.4 Å². The number of benzene rings is 1. The van der Waals surface area contributed by atoms with Crippen LogP contribution in [-0.4, -0.2) is 55.3 Å². The molecular weight excluding hydrogens is 349 g/mol. The minimum absolute atomic E-state index is 0.281. The lowest BCUT2D eigenvalue weighted by Crippen LogP contribution is -2.36. The van der Waals surface area contributed by atoms with Crippen molar-refractivity contribution in [3.05, 3.63) is 54.1 Å². The van der Waals surface area contributed by atoms with Crippen molar-refractivity contribution in [3.8, 4) is 0 Å². The van der Waals surface area contributed by atoms with Gasteiger partial charge in [-0.3, -0.25) is 4.79 Å². The van der Waals surface area contributed by atoms with Crippen LogP contribution in [0.4, 0.5) is 16.0 Å². The summed E-state index contributed by atoms with van der Waals surface area (Å²) in [6.07, 6.45) is 4.29. The Morgan fingerprint density at radius 2 is 2.04 bits per heavy atom. The molecule has 2 heterocycles. The second-order valence-electron chi connectivity index (χ2n) is 5.93. The summed E-state index contributed by atoms with van der Waals surface area (Å²) in [6, 6.07) is 8.18. The van der Waals surface area contributed by atoms with Gasteiger partial charge in [-0.2, -0.15) is 0 Å². The minimum atomic E-state index is -0.358. The Bertz CT molecular complexity index is 793. The van der Waals surface area contributed by atoms with Crippen LogP contribution in [0, 0.1) is 5.82 Å². The molecule has 1 aliphatic rings. The summed E-state index contributed by atoms with van der Waals surface area (Å²) in [5.74, 6) is 0.912. The molecule has 2 aromatic rings. The lowest BCUT2D eigenvalue weighted by molar-refractivity contribution is -0.116. The molecule has 142 valence electrons. The van der Waals surface area contributed by atoms with Gasteiger partial charge in [-0.05, 0) is 12.1 Å². The van der Waals surface area contributed by atoms with E-state index in [1.54, 1.807) is 18.2 Å². The van der Waals surface area contributed by atoms with Gasteiger partial charge in [0.2, 0.25) is 5.91 Å². The molecule has 0 radical (unpaired) electrons. The molecule has 0 saturated carbocycles. The highest BCUT2D eigenvalue weighted by Gasteiger charge is 2.12. The first-order valence-corrected chi connectivity index (χ1v) is 8.81. The number of anilines is 2. The minimum Gasteiger partial charge on any atom is -0.378 e. The van der Waals surface area contributed by atoms with Gasteiger partial charge >= 0.3 is 0 Å². The van der Waals surface area contributed by atoms with E-state index in [0.29, 0.717) is 37.7 Å². The van der Waals surface area contributed by atoms with Crippen molar-refractivity contribution in [2.45, 2.75) is 0 Å². The first kappa shape index (κ1) is 18.8. The van der Waals surface area contributed by atoms with E-state index in [4.69, 9.17) is 4.74 Å². The van der Waals surface area contributed by atoms with Gasteiger partial charge < -0.3 is 20.3 Å². The summed E-state index contributed by atoms with van der Waals surface area (Å²) in [5.41, 5.74) is 0.377. The highest BCUT2D eigenvalue weighted by molar-refractivity contribution is 5.91. The summed E-state index contributed by atoms with van der Waals surface area (Å²) < 4.78 is 18.8. The summed E-state index contributed by atoms with van der Waals surface area (Å²) in [7, 11) is 0. The van der Waals surface area contributed by atoms with E-state index in [9.17, 15) is 9.18 Å². The van der Waals surface area contributed by atoms with Crippen LogP contribution in [0.5, 0.6) is 0 Å². The summed E-state index contributed by atoms with van der Waals surface area (Å²) in [4.78, 5) is 22.4. The Labute approximate surface area is 157 Å². The smallest absolute Gasteiger partial charge is 0.244 e. The lowest BCUT2D eigenvalue weighted by atomic mass is 10.2. The lowest BCUT2D eigenvalue weighted by Gasteiger charge is -2.27. The number of halogens is 1. The van der Waals surface area contributed by atoms with Crippen LogP contribution in [-0.2, 0) is 9.53 Å². The van der Waals surface area contributed by atoms with Gasteiger partial charge in [-0.15, -0.1) is 0 Å². The molecule has 0 aliphatic carbocycles. The molecule has 27 heavy (non-hydrogen) atoms. The molecule has 1 fully saturated rings. The second kappa shape index (κ2) is 9.63. The molecule has 1 aromatic carbocycles. The van der Waals surface area contributed by atoms with Crippen LogP contribution >= 0.6 is 0 Å². The number of nitrogens with zero attached hydrogens (tertiary/aromatic N) is 3. The highest BCUT2D eigenvalue weighted by atomic mass is 19.1. The van der Waals surface area contributed by atoms with Crippen molar-refractivity contribution in [3.63, 3.8) is 0 Å². The summed E-state index contributed by atoms with van der Waals surface area (Å²) in [5, 5.41) is 5.89. The fourth-order valence-corrected chi connectivity index (χ4v) is 2.62. The number of nitrogens with one attached hydrogen (secondary N) is 2. The fourth-order valence-electron chi connectivity index (χ4n) is 2.62. The molecule has 1 saturated heterocycles. The fraction of sp³-hybridized carbons (Fsp3) is 0.316. The Hall–Kier alpha value is -3.00. The number of aromatic nitrogens is 2. The maximum absolute atomic E-state index is 13.5. The third kappa shape index (κ3) is 5.75. The predicted octanol–water partition coefficient (Wildman–Crippen LogP) is 1.69. The molecular formula is C19H22FN5O2. The number of amides is 1. The van der Waals surface area contributed by atoms with Crippen LogP contribution in [0.3, 0.4) is 0 Å². The molecule has 1 aromatic heterocycles. The van der Waals surface area contributed by atoms with Gasteiger partial charge in [0.25, 0.3) is 0 Å². The van der Waals surface area contributed by atoms with Gasteiger partial charge in [0.15, 0.2) is 0 Å². The molecule has 2 N–H and O–H groups in total. The van der Waals surface area contributed by atoms with Gasteiger partial charge in [0.05, 0.1) is 13.2 Å². The monoisotopic (exact) mass is 371 g/mol. The largest absolute Gasteiger partial charge is 0.378 e. The number of carbonyl (C=O) groups is 1. The van der Waals surface area contributed by atoms with E-state index in [2.05, 4.69) is 25.5 Å². The van der Waals surface area contributed by atoms with Crippen molar-refractivity contribution in [2.24, 2.45) is 0 Å². The first-order chi connectivity index (χ1) is 13.2. The normalized spacial score (nSPS) is 14.3. The number of hydrogen-bond acceptors (Lipinski definition) is 6. The Balaban J connectivity index is 1.42. The maximum Gasteiger partial charge on any atom is 0.244 e. The van der Waals surface area contributed by atoms with Crippen molar-refractivity contribution in [1.29, 1.82) is 0 Å². The average molecular weight is 371 g/mol. The third-order valence-electron chi connectivity index (χ3n) is 4.04. The molecule has 7 nitrogen and oxygen atoms in total. The standard InChI is InChI=1S/C19H22FN5O2/c20-16-4-2-1-3-15(16)5-6-19(26)22-8-7-21-17-13-18(24-14-23-17)25-9-11-27-12-10-25/h1-6,13-14H,7-12H2,(H,22,26)(H,21,23,24)/b6-5+. The third-order valence-corrected chi connectivity index (χ3v) is 4.04. The van der Waals surface area contributed by atoms with Gasteiger partial charge in [-0.1, -0.05) is 18.2 Å². The van der Waals surface area contributed by atoms with Crippen molar-refractivity contribution < 1.29 is 13.9 Å². The van der Waals surface area contributed by atoms with E-state index < -0.39 is 0 Å². The SMILES string of the molecule is O=C(/C=C/c1ccccc1F)NCCNc1cc(N2CCOCC2)ncn1. The Morgan fingerprint density at radius 1 is 1.22 bits per heavy atom. The number of morpholine rings is 1. The van der Waals surface area contributed by atoms with E-state index in [-0.39, 0.29) is 11.7 Å². The molecule has 0 atom stereocenters. The van der Waals surface area contributed by atoms with E-state index in [1.165, 1.54) is 24.5 Å². The van der Waals surface area contributed by atoms with Crippen LogP contribution < -0.4 is 15.5 Å². The van der Waals surface area contributed by atoms with Gasteiger partial charge in [-0.25, -0.2) is 14.4 Å². The molecule has 3 rings (SSSR count). The van der Waals surface area contributed by atoms with E-state index in [0.717, 1.165) is 18.9 Å². The second-order valence-corrected chi connectivity index (χ2v) is 5.93. The van der Waals surface area contributed by atoms with Gasteiger partial charge in [0, 0.05) is 43.9 Å². The Kier molecular flexibility index (Phi) is 6.70. The van der Waals surface area contributed by atoms with Gasteiger partial charge in [0.1, 0.15) is 23.8 Å². The van der Waals surface area contributed by atoms with Crippen molar-refractivity contribution in [1.82, 2.24) is 15.3 Å². The van der Waals surface area contributed by atoms with Crippen LogP contribution in [0.15, 0.2) is 42.7 Å². The van der Waals surface area contributed by atoms with Crippen LogP contribution in [0.1, 0.15) is 5.56 Å². The number of rotatable bonds is 7. The Morgan fingerprint density at radius 3 is 2.85 bits per heavy atom. The highest BCUT2D eigenvalue weighted by Crippen LogP contribution is 2.15. The van der Waals surface area contributed by atoms with Crippen LogP contribution in [0.25, 0.3) is 6.08 Å². The van der Waals surface area contributed by atoms with E-state index >= 15 is 0 Å². The predicted molar refractivity (Wildman–Crippen MR) is 102 cm³/mol. The molecule has 1 amide bonds. The molecule has 1 aliphatic heterocycles. The molecule has 0 spiro atoms. The zero-order valence-corrected chi connectivity index (χ0v) is 14.9. The van der Waals surface area contributed by atoms with Crippen LogP contribution in [0.2, 0.25) is 0 Å². The maximum atomic E-state index is 13.5. The van der Waals surface area contributed by atoms with E-state index in [1.807, 2.05) is 6.07 Å². The number of carbonyl (C=O) groups excluding carboxylic acids is 1. The molecule has 8 heteroatoms. The zero-order chi connectivity index (χ0) is 18.9. The average Bonchev–Trinajstić information content (AvgIpc) is 2.71. The zero-order valence-electron chi connectivity index (χ0n) is 14.9. The summed E-state index contributed by atoms with van der Waals surface area (Å²) in [6.45, 7) is 3.93.